The molecule has 0 fully saturated rings. The van der Waals surface area contributed by atoms with Gasteiger partial charge in [0.1, 0.15) is 23.7 Å². The molecule has 0 aliphatic carbocycles. The molecule has 0 saturated heterocycles. The molecule has 0 unspecified atom stereocenters. The summed E-state index contributed by atoms with van der Waals surface area (Å²) in [5.41, 5.74) is 1.13. The summed E-state index contributed by atoms with van der Waals surface area (Å²) in [6.07, 6.45) is 3.17. The molecule has 0 saturated carbocycles. The molecular formula is C8H6N4O. The van der Waals surface area contributed by atoms with Crippen molar-refractivity contribution in [3.8, 4) is 11.8 Å². The Kier molecular flexibility index (Phi) is 1.60. The summed E-state index contributed by atoms with van der Waals surface area (Å²) in [5, 5.41) is 16.3. The fourth-order valence-corrected chi connectivity index (χ4v) is 1.10. The van der Waals surface area contributed by atoms with Crippen molar-refractivity contribution in [3.63, 3.8) is 0 Å². The quantitative estimate of drug-likeness (QED) is 0.635. The molecule has 0 aromatic carbocycles. The second-order valence-electron chi connectivity index (χ2n) is 2.46. The lowest BCUT2D eigenvalue weighted by molar-refractivity contribution is 0.413. The number of hydrogen-bond acceptors (Lipinski definition) is 4. The zero-order valence-electron chi connectivity index (χ0n) is 6.93. The number of fused-ring (bicyclic) bond motifs is 1. The zero-order chi connectivity index (χ0) is 9.26. The van der Waals surface area contributed by atoms with E-state index in [0.29, 0.717) is 17.0 Å². The van der Waals surface area contributed by atoms with Crippen LogP contribution in [-0.4, -0.2) is 21.7 Å². The summed E-state index contributed by atoms with van der Waals surface area (Å²) in [6, 6.07) is 3.70. The standard InChI is InChI=1S/C8H6N4O/c1-13-7-2-8-11-10-5-12(8)4-6(7)3-9/h2,4-5H,1H3. The molecule has 64 valence electrons. The van der Waals surface area contributed by atoms with Gasteiger partial charge in [0.05, 0.1) is 7.11 Å². The van der Waals surface area contributed by atoms with Gasteiger partial charge in [0.2, 0.25) is 0 Å². The van der Waals surface area contributed by atoms with Gasteiger partial charge in [0.25, 0.3) is 0 Å². The lowest BCUT2D eigenvalue weighted by atomic mass is 10.3. The number of ether oxygens (including phenoxy) is 1. The number of rotatable bonds is 1. The molecule has 0 radical (unpaired) electrons. The summed E-state index contributed by atoms with van der Waals surface area (Å²) in [5.74, 6) is 0.517. The molecule has 2 aromatic rings. The summed E-state index contributed by atoms with van der Waals surface area (Å²) >= 11 is 0. The highest BCUT2D eigenvalue weighted by Gasteiger charge is 2.05. The van der Waals surface area contributed by atoms with Crippen molar-refractivity contribution >= 4 is 5.65 Å². The smallest absolute Gasteiger partial charge is 0.164 e. The van der Waals surface area contributed by atoms with E-state index in [1.807, 2.05) is 6.07 Å². The maximum absolute atomic E-state index is 8.76. The van der Waals surface area contributed by atoms with Gasteiger partial charge in [-0.1, -0.05) is 0 Å². The number of nitrogens with zero attached hydrogens (tertiary/aromatic N) is 4. The van der Waals surface area contributed by atoms with Gasteiger partial charge in [-0.15, -0.1) is 10.2 Å². The van der Waals surface area contributed by atoms with Gasteiger partial charge >= 0.3 is 0 Å². The second kappa shape index (κ2) is 2.75. The van der Waals surface area contributed by atoms with E-state index in [-0.39, 0.29) is 0 Å². The van der Waals surface area contributed by atoms with Crippen LogP contribution >= 0.6 is 0 Å². The summed E-state index contributed by atoms with van der Waals surface area (Å²) < 4.78 is 6.68. The van der Waals surface area contributed by atoms with Crippen molar-refractivity contribution in [1.29, 1.82) is 5.26 Å². The topological polar surface area (TPSA) is 63.2 Å². The van der Waals surface area contributed by atoms with Gasteiger partial charge in [0.15, 0.2) is 5.65 Å². The molecule has 0 N–H and O–H groups in total. The number of pyridine rings is 1. The van der Waals surface area contributed by atoms with Crippen LogP contribution in [0.5, 0.6) is 5.75 Å². The third kappa shape index (κ3) is 1.08. The van der Waals surface area contributed by atoms with E-state index < -0.39 is 0 Å². The van der Waals surface area contributed by atoms with E-state index >= 15 is 0 Å². The molecule has 0 spiro atoms. The predicted molar refractivity (Wildman–Crippen MR) is 44.3 cm³/mol. The van der Waals surface area contributed by atoms with E-state index in [2.05, 4.69) is 10.2 Å². The largest absolute Gasteiger partial charge is 0.495 e. The van der Waals surface area contributed by atoms with Crippen molar-refractivity contribution in [3.05, 3.63) is 24.2 Å². The maximum Gasteiger partial charge on any atom is 0.164 e. The minimum absolute atomic E-state index is 0.467. The van der Waals surface area contributed by atoms with Crippen LogP contribution in [0.3, 0.4) is 0 Å². The normalized spacial score (nSPS) is 9.85. The van der Waals surface area contributed by atoms with E-state index in [0.717, 1.165) is 0 Å². The molecule has 5 nitrogen and oxygen atoms in total. The van der Waals surface area contributed by atoms with Crippen molar-refractivity contribution < 1.29 is 4.74 Å². The predicted octanol–water partition coefficient (Wildman–Crippen LogP) is 0.610. The van der Waals surface area contributed by atoms with Crippen LogP contribution in [0.2, 0.25) is 0 Å². The van der Waals surface area contributed by atoms with Crippen LogP contribution in [0.25, 0.3) is 5.65 Å². The van der Waals surface area contributed by atoms with Gasteiger partial charge < -0.3 is 4.74 Å². The Morgan fingerprint density at radius 1 is 1.62 bits per heavy atom. The number of hydrogen-bond donors (Lipinski definition) is 0. The van der Waals surface area contributed by atoms with Crippen molar-refractivity contribution in [1.82, 2.24) is 14.6 Å². The first-order valence-electron chi connectivity index (χ1n) is 3.62. The lowest BCUT2D eigenvalue weighted by Crippen LogP contribution is -1.92. The number of methoxy groups -OCH3 is 1. The molecular weight excluding hydrogens is 168 g/mol. The van der Waals surface area contributed by atoms with Gasteiger partial charge in [-0.3, -0.25) is 4.40 Å². The second-order valence-corrected chi connectivity index (χ2v) is 2.46. The molecule has 2 rings (SSSR count). The molecule has 5 heteroatoms. The van der Waals surface area contributed by atoms with E-state index in [1.165, 1.54) is 13.4 Å². The van der Waals surface area contributed by atoms with Gasteiger partial charge in [0, 0.05) is 12.3 Å². The van der Waals surface area contributed by atoms with Crippen LogP contribution in [0, 0.1) is 11.3 Å². The average molecular weight is 174 g/mol. The number of nitriles is 1. The highest BCUT2D eigenvalue weighted by Crippen LogP contribution is 2.18. The summed E-state index contributed by atoms with van der Waals surface area (Å²) in [6.45, 7) is 0. The Labute approximate surface area is 74.2 Å². The molecule has 2 heterocycles. The van der Waals surface area contributed by atoms with Gasteiger partial charge in [-0.25, -0.2) is 0 Å². The molecule has 13 heavy (non-hydrogen) atoms. The minimum Gasteiger partial charge on any atom is -0.495 e. The Hall–Kier alpha value is -2.09. The van der Waals surface area contributed by atoms with Gasteiger partial charge in [-0.2, -0.15) is 5.26 Å². The Morgan fingerprint density at radius 2 is 2.46 bits per heavy atom. The molecule has 0 aliphatic rings. The molecule has 0 amide bonds. The van der Waals surface area contributed by atoms with E-state index in [9.17, 15) is 0 Å². The Balaban J connectivity index is 2.76. The lowest BCUT2D eigenvalue weighted by Gasteiger charge is -2.01. The molecule has 0 aliphatic heterocycles. The van der Waals surface area contributed by atoms with Crippen molar-refractivity contribution in [2.45, 2.75) is 0 Å². The Bertz CT molecular complexity index is 482. The van der Waals surface area contributed by atoms with Crippen molar-refractivity contribution in [2.24, 2.45) is 0 Å². The molecule has 2 aromatic heterocycles. The average Bonchev–Trinajstić information content (AvgIpc) is 2.62. The van der Waals surface area contributed by atoms with Crippen LogP contribution in [0.15, 0.2) is 18.6 Å². The molecule has 0 bridgehead atoms. The van der Waals surface area contributed by atoms with Gasteiger partial charge in [-0.05, 0) is 0 Å². The molecule has 0 atom stereocenters. The van der Waals surface area contributed by atoms with Crippen LogP contribution in [0.4, 0.5) is 0 Å². The highest BCUT2D eigenvalue weighted by atomic mass is 16.5. The van der Waals surface area contributed by atoms with E-state index in [4.69, 9.17) is 10.00 Å². The van der Waals surface area contributed by atoms with Crippen LogP contribution in [-0.2, 0) is 0 Å². The fourth-order valence-electron chi connectivity index (χ4n) is 1.10. The third-order valence-corrected chi connectivity index (χ3v) is 1.73. The summed E-state index contributed by atoms with van der Waals surface area (Å²) in [4.78, 5) is 0. The SMILES string of the molecule is COc1cc2nncn2cc1C#N. The first-order chi connectivity index (χ1) is 6.35. The third-order valence-electron chi connectivity index (χ3n) is 1.73. The highest BCUT2D eigenvalue weighted by molar-refractivity contribution is 5.51. The monoisotopic (exact) mass is 174 g/mol. The van der Waals surface area contributed by atoms with E-state index in [1.54, 1.807) is 16.7 Å². The first-order valence-corrected chi connectivity index (χ1v) is 3.62. The minimum atomic E-state index is 0.467. The van der Waals surface area contributed by atoms with Crippen molar-refractivity contribution in [2.75, 3.05) is 7.11 Å². The maximum atomic E-state index is 8.76. The fraction of sp³-hybridized carbons (Fsp3) is 0.125. The van der Waals surface area contributed by atoms with Crippen LogP contribution in [0.1, 0.15) is 5.56 Å². The Morgan fingerprint density at radius 3 is 3.15 bits per heavy atom. The zero-order valence-corrected chi connectivity index (χ0v) is 6.93. The first kappa shape index (κ1) is 7.55. The number of aromatic nitrogens is 3. The van der Waals surface area contributed by atoms with Crippen LogP contribution < -0.4 is 4.74 Å². The summed E-state index contributed by atoms with van der Waals surface area (Å²) in [7, 11) is 1.52.